The van der Waals surface area contributed by atoms with Gasteiger partial charge in [0.05, 0.1) is 10.9 Å². The maximum Gasteiger partial charge on any atom is 0.322 e. The number of nitrogens with one attached hydrogen (secondary N) is 2. The van der Waals surface area contributed by atoms with Crippen molar-refractivity contribution >= 4 is 32.5 Å². The molecular formula is C27H31N3O5S. The summed E-state index contributed by atoms with van der Waals surface area (Å²) in [5.74, 6) is -2.37. The molecule has 3 unspecified atom stereocenters. The van der Waals surface area contributed by atoms with Crippen LogP contribution in [0.3, 0.4) is 0 Å². The molecule has 3 aromatic rings. The first-order chi connectivity index (χ1) is 17.2. The number of carbonyl (C=O) groups excluding carboxylic acids is 1. The molecule has 36 heavy (non-hydrogen) atoms. The van der Waals surface area contributed by atoms with Gasteiger partial charge < -0.3 is 21.5 Å². The minimum Gasteiger partial charge on any atom is -0.480 e. The van der Waals surface area contributed by atoms with Crippen LogP contribution in [0.2, 0.25) is 0 Å². The Labute approximate surface area is 210 Å². The van der Waals surface area contributed by atoms with Gasteiger partial charge in [-0.15, -0.1) is 0 Å². The third kappa shape index (κ3) is 4.74. The van der Waals surface area contributed by atoms with E-state index in [0.29, 0.717) is 13.0 Å². The van der Waals surface area contributed by atoms with E-state index in [-0.39, 0.29) is 17.9 Å². The highest BCUT2D eigenvalue weighted by atomic mass is 32.2. The summed E-state index contributed by atoms with van der Waals surface area (Å²) >= 11 is 0. The van der Waals surface area contributed by atoms with Crippen LogP contribution in [-0.2, 0) is 25.8 Å². The smallest absolute Gasteiger partial charge is 0.322 e. The predicted octanol–water partition coefficient (Wildman–Crippen LogP) is 2.12. The SMILES string of the molecule is CC1CCNC(C(=O)O)C1(CNC(=O)[C@@H](N)Cc1ccccc1)S(=O)(=O)c1ccc2ccccc2c1. The molecule has 0 spiro atoms. The van der Waals surface area contributed by atoms with Gasteiger partial charge in [0, 0.05) is 6.54 Å². The van der Waals surface area contributed by atoms with Crippen LogP contribution in [0.4, 0.5) is 0 Å². The lowest BCUT2D eigenvalue weighted by Gasteiger charge is -2.46. The standard InChI is InChI=1S/C27H31N3O5S/c1-18-13-14-29-24(26(32)33)27(18,17-30-25(31)23(28)15-19-7-3-2-4-8-19)36(34,35)22-12-11-20-9-5-6-10-21(20)16-22/h2-12,16,18,23-24,29H,13-15,17,28H2,1H3,(H,30,31)(H,32,33)/t18?,23-,24?,27?/m0/s1. The molecule has 8 nitrogen and oxygen atoms in total. The molecule has 0 bridgehead atoms. The van der Waals surface area contributed by atoms with Gasteiger partial charge in [-0.3, -0.25) is 9.59 Å². The van der Waals surface area contributed by atoms with Crippen LogP contribution in [0, 0.1) is 5.92 Å². The number of amides is 1. The van der Waals surface area contributed by atoms with Crippen molar-refractivity contribution in [1.29, 1.82) is 0 Å². The quantitative estimate of drug-likeness (QED) is 0.365. The van der Waals surface area contributed by atoms with E-state index in [2.05, 4.69) is 10.6 Å². The zero-order valence-corrected chi connectivity index (χ0v) is 20.9. The van der Waals surface area contributed by atoms with Crippen LogP contribution in [-0.4, -0.2) is 55.3 Å². The molecule has 0 saturated carbocycles. The maximum atomic E-state index is 14.3. The van der Waals surface area contributed by atoms with Crippen molar-refractivity contribution in [2.75, 3.05) is 13.1 Å². The lowest BCUT2D eigenvalue weighted by atomic mass is 9.80. The fourth-order valence-electron chi connectivity index (χ4n) is 5.10. The Kier molecular flexibility index (Phi) is 7.44. The minimum atomic E-state index is -4.24. The second-order valence-electron chi connectivity index (χ2n) is 9.40. The summed E-state index contributed by atoms with van der Waals surface area (Å²) in [5.41, 5.74) is 7.00. The number of nitrogens with two attached hydrogens (primary N) is 1. The Morgan fingerprint density at radius 2 is 1.75 bits per heavy atom. The average Bonchev–Trinajstić information content (AvgIpc) is 2.87. The highest BCUT2D eigenvalue weighted by molar-refractivity contribution is 7.93. The van der Waals surface area contributed by atoms with Gasteiger partial charge in [-0.1, -0.05) is 67.6 Å². The largest absolute Gasteiger partial charge is 0.480 e. The molecule has 5 N–H and O–H groups in total. The number of fused-ring (bicyclic) bond motifs is 1. The first-order valence-electron chi connectivity index (χ1n) is 11.9. The zero-order chi connectivity index (χ0) is 25.9. The van der Waals surface area contributed by atoms with Crippen LogP contribution < -0.4 is 16.4 Å². The number of hydrogen-bond donors (Lipinski definition) is 4. The van der Waals surface area contributed by atoms with E-state index >= 15 is 0 Å². The Balaban J connectivity index is 1.71. The van der Waals surface area contributed by atoms with E-state index in [9.17, 15) is 23.1 Å². The fraction of sp³-hybridized carbons (Fsp3) is 0.333. The molecule has 0 aliphatic carbocycles. The molecule has 1 amide bonds. The minimum absolute atomic E-state index is 0.0193. The molecular weight excluding hydrogens is 478 g/mol. The molecule has 1 aliphatic heterocycles. The van der Waals surface area contributed by atoms with Gasteiger partial charge in [0.1, 0.15) is 10.8 Å². The van der Waals surface area contributed by atoms with Crippen molar-refractivity contribution in [2.24, 2.45) is 11.7 Å². The topological polar surface area (TPSA) is 139 Å². The summed E-state index contributed by atoms with van der Waals surface area (Å²) in [6.07, 6.45) is 0.704. The second kappa shape index (κ2) is 10.4. The molecule has 190 valence electrons. The van der Waals surface area contributed by atoms with Gasteiger partial charge in [-0.05, 0) is 53.8 Å². The number of carboxylic acids is 1. The average molecular weight is 510 g/mol. The van der Waals surface area contributed by atoms with Gasteiger partial charge in [0.2, 0.25) is 5.91 Å². The Hall–Kier alpha value is -3.27. The summed E-state index contributed by atoms with van der Waals surface area (Å²) in [5, 5.41) is 17.3. The number of rotatable bonds is 8. The number of aliphatic carboxylic acids is 1. The van der Waals surface area contributed by atoms with E-state index in [1.165, 1.54) is 6.07 Å². The van der Waals surface area contributed by atoms with Crippen molar-refractivity contribution in [2.45, 2.75) is 41.5 Å². The van der Waals surface area contributed by atoms with Crippen LogP contribution in [0.5, 0.6) is 0 Å². The van der Waals surface area contributed by atoms with Crippen molar-refractivity contribution in [1.82, 2.24) is 10.6 Å². The normalized spacial score (nSPS) is 23.2. The van der Waals surface area contributed by atoms with Gasteiger partial charge >= 0.3 is 5.97 Å². The first-order valence-corrected chi connectivity index (χ1v) is 13.4. The van der Waals surface area contributed by atoms with Crippen LogP contribution in [0.15, 0.2) is 77.7 Å². The number of carboxylic acid groups (broad SMARTS) is 1. The zero-order valence-electron chi connectivity index (χ0n) is 20.1. The van der Waals surface area contributed by atoms with E-state index in [1.807, 2.05) is 54.6 Å². The second-order valence-corrected chi connectivity index (χ2v) is 11.6. The molecule has 1 aliphatic rings. The monoisotopic (exact) mass is 509 g/mol. The number of carbonyl (C=O) groups is 2. The van der Waals surface area contributed by atoms with E-state index in [4.69, 9.17) is 5.73 Å². The summed E-state index contributed by atoms with van der Waals surface area (Å²) < 4.78 is 26.7. The fourth-order valence-corrected chi connectivity index (χ4v) is 7.48. The molecule has 0 aromatic heterocycles. The molecule has 1 fully saturated rings. The first kappa shape index (κ1) is 25.8. The van der Waals surface area contributed by atoms with Gasteiger partial charge in [-0.25, -0.2) is 8.42 Å². The molecule has 1 saturated heterocycles. The lowest BCUT2D eigenvalue weighted by Crippen LogP contribution is -2.70. The summed E-state index contributed by atoms with van der Waals surface area (Å²) in [7, 11) is -4.24. The Morgan fingerprint density at radius 1 is 1.08 bits per heavy atom. The van der Waals surface area contributed by atoms with Crippen LogP contribution in [0.1, 0.15) is 18.9 Å². The van der Waals surface area contributed by atoms with E-state index < -0.39 is 44.5 Å². The Bertz CT molecular complexity index is 1360. The van der Waals surface area contributed by atoms with Crippen molar-refractivity contribution < 1.29 is 23.1 Å². The van der Waals surface area contributed by atoms with Crippen molar-refractivity contribution in [3.05, 3.63) is 78.4 Å². The summed E-state index contributed by atoms with van der Waals surface area (Å²) in [6.45, 7) is 1.70. The third-order valence-corrected chi connectivity index (χ3v) is 9.86. The van der Waals surface area contributed by atoms with Gasteiger partial charge in [0.25, 0.3) is 0 Å². The number of piperidine rings is 1. The van der Waals surface area contributed by atoms with Crippen LogP contribution >= 0.6 is 0 Å². The highest BCUT2D eigenvalue weighted by Gasteiger charge is 2.59. The number of hydrogen-bond acceptors (Lipinski definition) is 6. The van der Waals surface area contributed by atoms with E-state index in [1.54, 1.807) is 19.1 Å². The summed E-state index contributed by atoms with van der Waals surface area (Å²) in [6, 6.07) is 19.1. The lowest BCUT2D eigenvalue weighted by molar-refractivity contribution is -0.142. The Morgan fingerprint density at radius 3 is 2.44 bits per heavy atom. The van der Waals surface area contributed by atoms with Crippen LogP contribution in [0.25, 0.3) is 10.8 Å². The predicted molar refractivity (Wildman–Crippen MR) is 138 cm³/mol. The van der Waals surface area contributed by atoms with E-state index in [0.717, 1.165) is 16.3 Å². The number of benzene rings is 3. The van der Waals surface area contributed by atoms with Crippen molar-refractivity contribution in [3.63, 3.8) is 0 Å². The molecule has 4 atom stereocenters. The summed E-state index contributed by atoms with van der Waals surface area (Å²) in [4.78, 5) is 25.3. The third-order valence-electron chi connectivity index (χ3n) is 7.20. The molecule has 1 heterocycles. The van der Waals surface area contributed by atoms with Crippen molar-refractivity contribution in [3.8, 4) is 0 Å². The number of sulfone groups is 1. The molecule has 0 radical (unpaired) electrons. The molecule has 4 rings (SSSR count). The van der Waals surface area contributed by atoms with Gasteiger partial charge in [0.15, 0.2) is 9.84 Å². The highest BCUT2D eigenvalue weighted by Crippen LogP contribution is 2.40. The molecule has 9 heteroatoms. The van der Waals surface area contributed by atoms with Gasteiger partial charge in [-0.2, -0.15) is 0 Å². The molecule has 3 aromatic carbocycles. The maximum absolute atomic E-state index is 14.3.